The minimum absolute atomic E-state index is 0.349. The van der Waals surface area contributed by atoms with Gasteiger partial charge in [-0.3, -0.25) is 0 Å². The van der Waals surface area contributed by atoms with Gasteiger partial charge in [0.2, 0.25) is 0 Å². The highest BCUT2D eigenvalue weighted by Gasteiger charge is 2.00. The maximum atomic E-state index is 13.0. The normalized spacial score (nSPS) is 10.1. The van der Waals surface area contributed by atoms with Crippen LogP contribution in [0.1, 0.15) is 25.8 Å². The van der Waals surface area contributed by atoms with Crippen molar-refractivity contribution in [3.05, 3.63) is 29.6 Å². The fraction of sp³-hybridized carbons (Fsp3) is 0.417. The van der Waals surface area contributed by atoms with Crippen molar-refractivity contribution >= 4 is 5.69 Å². The van der Waals surface area contributed by atoms with Crippen molar-refractivity contribution in [2.75, 3.05) is 11.9 Å². The van der Waals surface area contributed by atoms with E-state index in [1.54, 1.807) is 6.07 Å². The summed E-state index contributed by atoms with van der Waals surface area (Å²) in [6.45, 7) is 5.06. The number of rotatable bonds is 4. The molecule has 0 aliphatic heterocycles. The van der Waals surface area contributed by atoms with Gasteiger partial charge in [0.25, 0.3) is 0 Å². The molecular formula is C12H15FN2. The average molecular weight is 206 g/mol. The summed E-state index contributed by atoms with van der Waals surface area (Å²) in [5.74, 6) is 0.239. The topological polar surface area (TPSA) is 35.8 Å². The van der Waals surface area contributed by atoms with Crippen molar-refractivity contribution in [2.24, 2.45) is 5.92 Å². The van der Waals surface area contributed by atoms with Gasteiger partial charge >= 0.3 is 0 Å². The largest absolute Gasteiger partial charge is 0.385 e. The van der Waals surface area contributed by atoms with E-state index in [1.807, 2.05) is 6.07 Å². The molecule has 0 radical (unpaired) electrons. The van der Waals surface area contributed by atoms with E-state index < -0.39 is 0 Å². The van der Waals surface area contributed by atoms with Crippen LogP contribution < -0.4 is 5.32 Å². The Morgan fingerprint density at radius 1 is 1.40 bits per heavy atom. The molecule has 1 rings (SSSR count). The van der Waals surface area contributed by atoms with Gasteiger partial charge in [0.15, 0.2) is 0 Å². The van der Waals surface area contributed by atoms with Gasteiger partial charge in [-0.1, -0.05) is 13.8 Å². The molecule has 1 N–H and O–H groups in total. The predicted octanol–water partition coefficient (Wildman–Crippen LogP) is 3.16. The van der Waals surface area contributed by atoms with Crippen LogP contribution in [0.2, 0.25) is 0 Å². The molecule has 0 unspecified atom stereocenters. The molecule has 3 heteroatoms. The van der Waals surface area contributed by atoms with Crippen LogP contribution in [-0.4, -0.2) is 6.54 Å². The minimum atomic E-state index is -0.374. The highest BCUT2D eigenvalue weighted by molar-refractivity contribution is 5.49. The van der Waals surface area contributed by atoms with E-state index in [2.05, 4.69) is 19.2 Å². The van der Waals surface area contributed by atoms with Crippen LogP contribution in [0.3, 0.4) is 0 Å². The number of hydrogen-bond donors (Lipinski definition) is 1. The molecule has 1 aromatic carbocycles. The monoisotopic (exact) mass is 206 g/mol. The van der Waals surface area contributed by atoms with E-state index in [1.165, 1.54) is 12.1 Å². The smallest absolute Gasteiger partial charge is 0.126 e. The minimum Gasteiger partial charge on any atom is -0.385 e. The number of anilines is 1. The molecule has 1 aromatic rings. The summed E-state index contributed by atoms with van der Waals surface area (Å²) >= 11 is 0. The molecule has 0 amide bonds. The number of nitriles is 1. The third kappa shape index (κ3) is 3.99. The molecule has 0 aromatic heterocycles. The highest BCUT2D eigenvalue weighted by atomic mass is 19.1. The van der Waals surface area contributed by atoms with Crippen molar-refractivity contribution in [2.45, 2.75) is 20.3 Å². The lowest BCUT2D eigenvalue weighted by Crippen LogP contribution is -2.05. The summed E-state index contributed by atoms with van der Waals surface area (Å²) in [5.41, 5.74) is 1.02. The Hall–Kier alpha value is -1.56. The molecule has 0 spiro atoms. The van der Waals surface area contributed by atoms with Gasteiger partial charge in [-0.2, -0.15) is 5.26 Å². The molecule has 0 atom stereocenters. The van der Waals surface area contributed by atoms with Gasteiger partial charge in [0.05, 0.1) is 11.6 Å². The summed E-state index contributed by atoms with van der Waals surface area (Å²) in [5, 5.41) is 11.8. The fourth-order valence-electron chi connectivity index (χ4n) is 1.26. The Kier molecular flexibility index (Phi) is 4.11. The van der Waals surface area contributed by atoms with Gasteiger partial charge in [-0.05, 0) is 30.5 Å². The van der Waals surface area contributed by atoms with Crippen LogP contribution in [0.5, 0.6) is 0 Å². The standard InChI is InChI=1S/C12H15FN2/c1-9(2)3-4-15-12-6-10(8-14)5-11(13)7-12/h5-7,9,15H,3-4H2,1-2H3. The SMILES string of the molecule is CC(C)CCNc1cc(F)cc(C#N)c1. The molecule has 0 saturated carbocycles. The van der Waals surface area contributed by atoms with E-state index >= 15 is 0 Å². The Bertz CT molecular complexity index is 366. The first-order valence-corrected chi connectivity index (χ1v) is 5.06. The van der Waals surface area contributed by atoms with Crippen molar-refractivity contribution in [1.82, 2.24) is 0 Å². The van der Waals surface area contributed by atoms with E-state index in [9.17, 15) is 4.39 Å². The second-order valence-electron chi connectivity index (χ2n) is 3.95. The van der Waals surface area contributed by atoms with Crippen LogP contribution in [0.4, 0.5) is 10.1 Å². The van der Waals surface area contributed by atoms with Crippen LogP contribution >= 0.6 is 0 Å². The Morgan fingerprint density at radius 3 is 2.73 bits per heavy atom. The summed E-state index contributed by atoms with van der Waals surface area (Å²) in [7, 11) is 0. The second-order valence-corrected chi connectivity index (χ2v) is 3.95. The van der Waals surface area contributed by atoms with Crippen molar-refractivity contribution in [3.8, 4) is 6.07 Å². The lowest BCUT2D eigenvalue weighted by atomic mass is 10.1. The van der Waals surface area contributed by atoms with Crippen molar-refractivity contribution in [1.29, 1.82) is 5.26 Å². The van der Waals surface area contributed by atoms with Crippen LogP contribution in [-0.2, 0) is 0 Å². The predicted molar refractivity (Wildman–Crippen MR) is 59.1 cm³/mol. The van der Waals surface area contributed by atoms with Gasteiger partial charge < -0.3 is 5.32 Å². The molecule has 0 aliphatic carbocycles. The second kappa shape index (κ2) is 5.35. The van der Waals surface area contributed by atoms with Gasteiger partial charge in [0, 0.05) is 12.2 Å². The van der Waals surface area contributed by atoms with Gasteiger partial charge in [-0.25, -0.2) is 4.39 Å². The summed E-state index contributed by atoms with van der Waals surface area (Å²) in [4.78, 5) is 0. The van der Waals surface area contributed by atoms with E-state index in [0.717, 1.165) is 13.0 Å². The first-order valence-electron chi connectivity index (χ1n) is 5.06. The number of benzene rings is 1. The molecule has 0 aliphatic rings. The third-order valence-electron chi connectivity index (χ3n) is 2.08. The summed E-state index contributed by atoms with van der Waals surface area (Å²) < 4.78 is 13.0. The van der Waals surface area contributed by atoms with Crippen LogP contribution in [0, 0.1) is 23.1 Å². The van der Waals surface area contributed by atoms with Crippen molar-refractivity contribution in [3.63, 3.8) is 0 Å². The lowest BCUT2D eigenvalue weighted by Gasteiger charge is -2.08. The zero-order valence-corrected chi connectivity index (χ0v) is 9.05. The molecule has 0 bridgehead atoms. The van der Waals surface area contributed by atoms with E-state index in [4.69, 9.17) is 5.26 Å². The molecule has 0 saturated heterocycles. The van der Waals surface area contributed by atoms with Crippen LogP contribution in [0.25, 0.3) is 0 Å². The number of nitrogens with zero attached hydrogens (tertiary/aromatic N) is 1. The third-order valence-corrected chi connectivity index (χ3v) is 2.08. The van der Waals surface area contributed by atoms with E-state index in [-0.39, 0.29) is 5.82 Å². The first-order chi connectivity index (χ1) is 7.11. The number of hydrogen-bond acceptors (Lipinski definition) is 2. The number of nitrogens with one attached hydrogen (secondary N) is 1. The molecule has 15 heavy (non-hydrogen) atoms. The molecule has 0 fully saturated rings. The van der Waals surface area contributed by atoms with Crippen molar-refractivity contribution < 1.29 is 4.39 Å². The van der Waals surface area contributed by atoms with Gasteiger partial charge in [-0.15, -0.1) is 0 Å². The average Bonchev–Trinajstić information content (AvgIpc) is 2.16. The first kappa shape index (κ1) is 11.5. The fourth-order valence-corrected chi connectivity index (χ4v) is 1.26. The van der Waals surface area contributed by atoms with Gasteiger partial charge in [0.1, 0.15) is 5.82 Å². The summed E-state index contributed by atoms with van der Waals surface area (Å²) in [6.07, 6.45) is 1.03. The zero-order chi connectivity index (χ0) is 11.3. The van der Waals surface area contributed by atoms with Crippen LogP contribution in [0.15, 0.2) is 18.2 Å². The Morgan fingerprint density at radius 2 is 2.13 bits per heavy atom. The number of halogens is 1. The maximum absolute atomic E-state index is 13.0. The Balaban J connectivity index is 2.61. The highest BCUT2D eigenvalue weighted by Crippen LogP contribution is 2.13. The zero-order valence-electron chi connectivity index (χ0n) is 9.05. The molecule has 80 valence electrons. The summed E-state index contributed by atoms with van der Waals surface area (Å²) in [6, 6.07) is 6.22. The van der Waals surface area contributed by atoms with E-state index in [0.29, 0.717) is 17.2 Å². The molecule has 2 nitrogen and oxygen atoms in total. The Labute approximate surface area is 89.7 Å². The molecule has 0 heterocycles. The maximum Gasteiger partial charge on any atom is 0.126 e. The molecular weight excluding hydrogens is 191 g/mol. The lowest BCUT2D eigenvalue weighted by molar-refractivity contribution is 0.606. The quantitative estimate of drug-likeness (QED) is 0.821.